The summed E-state index contributed by atoms with van der Waals surface area (Å²) < 4.78 is 5.18. The van der Waals surface area contributed by atoms with Gasteiger partial charge < -0.3 is 9.64 Å². The number of thioether (sulfide) groups is 1. The van der Waals surface area contributed by atoms with Crippen LogP contribution in [0.4, 0.5) is 0 Å². The van der Waals surface area contributed by atoms with E-state index in [0.29, 0.717) is 13.1 Å². The Morgan fingerprint density at radius 1 is 0.929 bits per heavy atom. The summed E-state index contributed by atoms with van der Waals surface area (Å²) >= 11 is 1.41. The van der Waals surface area contributed by atoms with Gasteiger partial charge in [-0.25, -0.2) is 0 Å². The highest BCUT2D eigenvalue weighted by Gasteiger charge is 2.15. The van der Waals surface area contributed by atoms with Crippen LogP contribution in [-0.2, 0) is 20.9 Å². The Hall–Kier alpha value is -2.79. The molecule has 0 aliphatic carbocycles. The zero-order valence-corrected chi connectivity index (χ0v) is 16.7. The lowest BCUT2D eigenvalue weighted by atomic mass is 10.1. The van der Waals surface area contributed by atoms with Gasteiger partial charge in [0.1, 0.15) is 0 Å². The molecule has 0 bridgehead atoms. The molecular weight excluding hydrogens is 370 g/mol. The SMILES string of the molecule is CCN(Cc1ccccc1)C(=O)COC(=O)CSc1ccc2ccccc2c1. The van der Waals surface area contributed by atoms with Gasteiger partial charge in [0, 0.05) is 18.0 Å². The highest BCUT2D eigenvalue weighted by Crippen LogP contribution is 2.23. The molecular formula is C23H23NO3S. The van der Waals surface area contributed by atoms with Gasteiger partial charge in [-0.05, 0) is 35.4 Å². The molecule has 28 heavy (non-hydrogen) atoms. The third-order valence-electron chi connectivity index (χ3n) is 4.38. The van der Waals surface area contributed by atoms with Gasteiger partial charge in [-0.3, -0.25) is 9.59 Å². The summed E-state index contributed by atoms with van der Waals surface area (Å²) in [6.45, 7) is 2.77. The second kappa shape index (κ2) is 9.95. The van der Waals surface area contributed by atoms with Crippen LogP contribution in [0.15, 0.2) is 77.7 Å². The van der Waals surface area contributed by atoms with E-state index in [1.807, 2.05) is 67.6 Å². The number of fused-ring (bicyclic) bond motifs is 1. The first kappa shape index (κ1) is 20.0. The van der Waals surface area contributed by atoms with Crippen LogP contribution in [-0.4, -0.2) is 35.7 Å². The van der Waals surface area contributed by atoms with Crippen LogP contribution in [0.3, 0.4) is 0 Å². The Bertz CT molecular complexity index is 943. The summed E-state index contributed by atoms with van der Waals surface area (Å²) in [5.41, 5.74) is 1.05. The smallest absolute Gasteiger partial charge is 0.316 e. The standard InChI is InChI=1S/C23H23NO3S/c1-2-24(15-18-8-4-3-5-9-18)22(25)16-27-23(26)17-28-21-13-12-19-10-6-7-11-20(19)14-21/h3-14H,2,15-17H2,1H3. The van der Waals surface area contributed by atoms with E-state index in [-0.39, 0.29) is 24.2 Å². The van der Waals surface area contributed by atoms with E-state index in [2.05, 4.69) is 12.1 Å². The molecule has 0 aliphatic heterocycles. The van der Waals surface area contributed by atoms with Crippen LogP contribution in [0.1, 0.15) is 12.5 Å². The van der Waals surface area contributed by atoms with Gasteiger partial charge in [0.05, 0.1) is 5.75 Å². The van der Waals surface area contributed by atoms with Crippen LogP contribution in [0.25, 0.3) is 10.8 Å². The lowest BCUT2D eigenvalue weighted by Gasteiger charge is -2.20. The second-order valence-corrected chi connectivity index (χ2v) is 7.40. The fraction of sp³-hybridized carbons (Fsp3) is 0.217. The molecule has 3 aromatic carbocycles. The molecule has 0 saturated carbocycles. The van der Waals surface area contributed by atoms with Crippen molar-refractivity contribution < 1.29 is 14.3 Å². The topological polar surface area (TPSA) is 46.6 Å². The Balaban J connectivity index is 1.46. The summed E-state index contributed by atoms with van der Waals surface area (Å²) in [7, 11) is 0. The molecule has 0 aliphatic rings. The van der Waals surface area contributed by atoms with Crippen molar-refractivity contribution in [3.63, 3.8) is 0 Å². The molecule has 1 amide bonds. The molecule has 0 atom stereocenters. The minimum atomic E-state index is -0.387. The summed E-state index contributed by atoms with van der Waals surface area (Å²) in [6.07, 6.45) is 0. The van der Waals surface area contributed by atoms with Gasteiger partial charge in [0.2, 0.25) is 0 Å². The van der Waals surface area contributed by atoms with E-state index < -0.39 is 0 Å². The lowest BCUT2D eigenvalue weighted by molar-refractivity contribution is -0.150. The van der Waals surface area contributed by atoms with E-state index in [4.69, 9.17) is 4.74 Å². The van der Waals surface area contributed by atoms with Crippen LogP contribution in [0, 0.1) is 0 Å². The summed E-state index contributed by atoms with van der Waals surface area (Å²) in [4.78, 5) is 27.1. The fourth-order valence-electron chi connectivity index (χ4n) is 2.85. The molecule has 3 rings (SSSR count). The third kappa shape index (κ3) is 5.60. The average molecular weight is 394 g/mol. The molecule has 0 aromatic heterocycles. The van der Waals surface area contributed by atoms with E-state index >= 15 is 0 Å². The second-order valence-electron chi connectivity index (χ2n) is 6.35. The van der Waals surface area contributed by atoms with Crippen LogP contribution < -0.4 is 0 Å². The molecule has 0 heterocycles. The van der Waals surface area contributed by atoms with Crippen molar-refractivity contribution in [2.75, 3.05) is 18.9 Å². The minimum absolute atomic E-state index is 0.177. The first-order chi connectivity index (χ1) is 13.7. The minimum Gasteiger partial charge on any atom is -0.455 e. The lowest BCUT2D eigenvalue weighted by Crippen LogP contribution is -2.34. The van der Waals surface area contributed by atoms with Crippen molar-refractivity contribution in [3.8, 4) is 0 Å². The number of esters is 1. The molecule has 0 fully saturated rings. The van der Waals surface area contributed by atoms with E-state index in [0.717, 1.165) is 21.2 Å². The van der Waals surface area contributed by atoms with E-state index in [1.54, 1.807) is 4.90 Å². The molecule has 4 nitrogen and oxygen atoms in total. The highest BCUT2D eigenvalue weighted by atomic mass is 32.2. The molecule has 0 saturated heterocycles. The zero-order valence-electron chi connectivity index (χ0n) is 15.8. The Morgan fingerprint density at radius 2 is 1.64 bits per heavy atom. The van der Waals surface area contributed by atoms with Crippen LogP contribution in [0.2, 0.25) is 0 Å². The molecule has 0 unspecified atom stereocenters. The quantitative estimate of drug-likeness (QED) is 0.417. The summed E-state index contributed by atoms with van der Waals surface area (Å²) in [5.74, 6) is -0.395. The van der Waals surface area contributed by atoms with Crippen molar-refractivity contribution in [2.24, 2.45) is 0 Å². The highest BCUT2D eigenvalue weighted by molar-refractivity contribution is 8.00. The van der Waals surface area contributed by atoms with Gasteiger partial charge in [-0.15, -0.1) is 11.8 Å². The molecule has 0 spiro atoms. The number of amides is 1. The van der Waals surface area contributed by atoms with Crippen molar-refractivity contribution in [2.45, 2.75) is 18.4 Å². The molecule has 0 radical (unpaired) electrons. The predicted molar refractivity (Wildman–Crippen MR) is 113 cm³/mol. The summed E-state index contributed by atoms with van der Waals surface area (Å²) in [6, 6.07) is 23.9. The zero-order chi connectivity index (χ0) is 19.8. The van der Waals surface area contributed by atoms with Gasteiger partial charge in [-0.2, -0.15) is 0 Å². The molecule has 144 valence electrons. The number of carbonyl (C=O) groups is 2. The van der Waals surface area contributed by atoms with E-state index in [9.17, 15) is 9.59 Å². The Kier molecular flexibility index (Phi) is 7.09. The fourth-order valence-corrected chi connectivity index (χ4v) is 3.60. The van der Waals surface area contributed by atoms with E-state index in [1.165, 1.54) is 11.8 Å². The predicted octanol–water partition coefficient (Wildman–Crippen LogP) is 4.52. The third-order valence-corrected chi connectivity index (χ3v) is 5.35. The number of rotatable bonds is 8. The number of nitrogens with zero attached hydrogens (tertiary/aromatic N) is 1. The van der Waals surface area contributed by atoms with Crippen molar-refractivity contribution >= 4 is 34.4 Å². The Labute approximate surface area is 169 Å². The average Bonchev–Trinajstić information content (AvgIpc) is 2.75. The maximum absolute atomic E-state index is 12.3. The van der Waals surface area contributed by atoms with Crippen LogP contribution in [0.5, 0.6) is 0 Å². The van der Waals surface area contributed by atoms with Gasteiger partial charge in [0.25, 0.3) is 5.91 Å². The first-order valence-electron chi connectivity index (χ1n) is 9.24. The normalized spacial score (nSPS) is 10.6. The van der Waals surface area contributed by atoms with Crippen molar-refractivity contribution in [1.29, 1.82) is 0 Å². The number of likely N-dealkylation sites (N-methyl/N-ethyl adjacent to an activating group) is 1. The number of ether oxygens (including phenoxy) is 1. The van der Waals surface area contributed by atoms with Gasteiger partial charge in [-0.1, -0.05) is 60.7 Å². The van der Waals surface area contributed by atoms with Gasteiger partial charge in [0.15, 0.2) is 6.61 Å². The van der Waals surface area contributed by atoms with Gasteiger partial charge >= 0.3 is 5.97 Å². The van der Waals surface area contributed by atoms with Crippen LogP contribution >= 0.6 is 11.8 Å². The maximum Gasteiger partial charge on any atom is 0.316 e. The summed E-state index contributed by atoms with van der Waals surface area (Å²) in [5, 5.41) is 2.30. The molecule has 5 heteroatoms. The number of hydrogen-bond donors (Lipinski definition) is 0. The molecule has 0 N–H and O–H groups in total. The van der Waals surface area contributed by atoms with Crippen molar-refractivity contribution in [1.82, 2.24) is 4.90 Å². The Morgan fingerprint density at radius 3 is 2.39 bits per heavy atom. The van der Waals surface area contributed by atoms with Crippen molar-refractivity contribution in [3.05, 3.63) is 78.4 Å². The first-order valence-corrected chi connectivity index (χ1v) is 10.2. The largest absolute Gasteiger partial charge is 0.455 e. The maximum atomic E-state index is 12.3. The monoisotopic (exact) mass is 393 g/mol. The number of benzene rings is 3. The number of carbonyl (C=O) groups excluding carboxylic acids is 2. The number of hydrogen-bond acceptors (Lipinski definition) is 4. The molecule has 3 aromatic rings.